The van der Waals surface area contributed by atoms with Crippen LogP contribution in [0.3, 0.4) is 0 Å². The Bertz CT molecular complexity index is 2060. The lowest BCUT2D eigenvalue weighted by Crippen LogP contribution is -2.34. The van der Waals surface area contributed by atoms with E-state index < -0.39 is 23.5 Å². The van der Waals surface area contributed by atoms with Crippen LogP contribution < -0.4 is 4.74 Å². The van der Waals surface area contributed by atoms with Gasteiger partial charge in [-0.15, -0.1) is 10.2 Å². The van der Waals surface area contributed by atoms with Crippen molar-refractivity contribution in [2.75, 3.05) is 6.61 Å². The molecule has 47 heavy (non-hydrogen) atoms. The first-order valence-electron chi connectivity index (χ1n) is 14.7. The number of carboxylic acids is 1. The molecule has 5 aromatic rings. The molecule has 14 heteroatoms. The third kappa shape index (κ3) is 6.68. The molecule has 1 saturated heterocycles. The van der Waals surface area contributed by atoms with Crippen molar-refractivity contribution in [2.24, 2.45) is 5.92 Å². The summed E-state index contributed by atoms with van der Waals surface area (Å²) in [5.74, 6) is 0.736. The maximum Gasteiger partial charge on any atom is 0.335 e. The molecule has 1 aliphatic carbocycles. The summed E-state index contributed by atoms with van der Waals surface area (Å²) < 4.78 is 70.1. The number of pyridine rings is 1. The van der Waals surface area contributed by atoms with E-state index in [-0.39, 0.29) is 66.2 Å². The lowest BCUT2D eigenvalue weighted by molar-refractivity contribution is -0.0936. The van der Waals surface area contributed by atoms with E-state index in [0.29, 0.717) is 40.0 Å². The number of aromatic nitrogens is 5. The van der Waals surface area contributed by atoms with Gasteiger partial charge in [-0.2, -0.15) is 0 Å². The number of ether oxygens (including phenoxy) is 2. The fourth-order valence-corrected chi connectivity index (χ4v) is 6.05. The van der Waals surface area contributed by atoms with E-state index in [2.05, 4.69) is 32.0 Å². The van der Waals surface area contributed by atoms with Crippen molar-refractivity contribution in [3.8, 4) is 29.0 Å². The van der Waals surface area contributed by atoms with Crippen molar-refractivity contribution in [1.29, 1.82) is 0 Å². The molecule has 0 spiro atoms. The van der Waals surface area contributed by atoms with Crippen molar-refractivity contribution in [1.82, 2.24) is 24.7 Å². The highest BCUT2D eigenvalue weighted by molar-refractivity contribution is 7.11. The van der Waals surface area contributed by atoms with Gasteiger partial charge in [0.25, 0.3) is 5.92 Å². The first-order chi connectivity index (χ1) is 22.6. The highest BCUT2D eigenvalue weighted by Gasteiger charge is 2.44. The smallest absolute Gasteiger partial charge is 0.335 e. The number of rotatable bonds is 9. The predicted octanol–water partition coefficient (Wildman–Crippen LogP) is 6.28. The van der Waals surface area contributed by atoms with Crippen molar-refractivity contribution in [3.05, 3.63) is 87.1 Å². The largest absolute Gasteiger partial charge is 0.478 e. The van der Waals surface area contributed by atoms with E-state index in [9.17, 15) is 18.7 Å². The maximum absolute atomic E-state index is 15.5. The number of nitrogens with zero attached hydrogens (tertiary/aromatic N) is 5. The van der Waals surface area contributed by atoms with Crippen LogP contribution in [0.5, 0.6) is 5.88 Å². The van der Waals surface area contributed by atoms with Crippen LogP contribution >= 0.6 is 11.3 Å². The number of fused-ring (bicyclic) bond motifs is 1. The normalized spacial score (nSPS) is 17.1. The van der Waals surface area contributed by atoms with E-state index >= 15 is 8.78 Å². The number of hydrogen-bond donors (Lipinski definition) is 1. The molecule has 1 N–H and O–H groups in total. The van der Waals surface area contributed by atoms with Crippen molar-refractivity contribution in [3.63, 3.8) is 0 Å². The van der Waals surface area contributed by atoms with Crippen LogP contribution in [0.25, 0.3) is 22.3 Å². The van der Waals surface area contributed by atoms with Crippen LogP contribution in [0.4, 0.5) is 17.6 Å². The number of halogens is 4. The second-order valence-corrected chi connectivity index (χ2v) is 12.5. The molecule has 9 nitrogen and oxygen atoms in total. The number of benzene rings is 2. The first-order valence-corrected chi connectivity index (χ1v) is 15.6. The number of aromatic carboxylic acids is 1. The van der Waals surface area contributed by atoms with E-state index in [4.69, 9.17) is 9.47 Å². The summed E-state index contributed by atoms with van der Waals surface area (Å²) in [4.78, 5) is 20.5. The molecular formula is C33H25F4N5O4S. The predicted molar refractivity (Wildman–Crippen MR) is 162 cm³/mol. The average Bonchev–Trinajstić information content (AvgIpc) is 3.61. The third-order valence-electron chi connectivity index (χ3n) is 8.02. The molecule has 0 unspecified atom stereocenters. The molecule has 4 heterocycles. The zero-order chi connectivity index (χ0) is 32.7. The molecule has 1 atom stereocenters. The van der Waals surface area contributed by atoms with Crippen LogP contribution in [0.15, 0.2) is 48.5 Å². The van der Waals surface area contributed by atoms with E-state index in [0.717, 1.165) is 29.9 Å². The van der Waals surface area contributed by atoms with Crippen LogP contribution in [0, 0.1) is 29.4 Å². The Hall–Kier alpha value is -4.87. The van der Waals surface area contributed by atoms with Gasteiger partial charge in [-0.1, -0.05) is 23.3 Å². The lowest BCUT2D eigenvalue weighted by atomic mass is 9.82. The number of imidazole rings is 1. The van der Waals surface area contributed by atoms with E-state index in [1.54, 1.807) is 18.2 Å². The highest BCUT2D eigenvalue weighted by atomic mass is 32.1. The monoisotopic (exact) mass is 663 g/mol. The SMILES string of the molecule is O=C(O)c1ccc2nc(Cc3cc(F)c(-c4cccc(OCc5nnc(C#CC6CC(F)(F)C6)s5)n4)cc3F)n(C[C@@H]3CCO3)c2c1. The van der Waals surface area contributed by atoms with Crippen LogP contribution in [-0.4, -0.2) is 54.4 Å². The van der Waals surface area contributed by atoms with Crippen LogP contribution in [0.1, 0.15) is 51.0 Å². The van der Waals surface area contributed by atoms with E-state index in [1.165, 1.54) is 18.2 Å². The van der Waals surface area contributed by atoms with Gasteiger partial charge in [0.2, 0.25) is 5.88 Å². The summed E-state index contributed by atoms with van der Waals surface area (Å²) in [6.07, 6.45) is 0.208. The summed E-state index contributed by atoms with van der Waals surface area (Å²) in [6.45, 7) is 1.02. The molecule has 2 aromatic carbocycles. The van der Waals surface area contributed by atoms with Crippen LogP contribution in [-0.2, 0) is 24.3 Å². The van der Waals surface area contributed by atoms with Crippen molar-refractivity contribution < 1.29 is 36.9 Å². The topological polar surface area (TPSA) is 112 Å². The molecule has 0 bridgehead atoms. The molecule has 2 aliphatic rings. The van der Waals surface area contributed by atoms with Crippen LogP contribution in [0.2, 0.25) is 0 Å². The zero-order valence-electron chi connectivity index (χ0n) is 24.6. The molecule has 1 saturated carbocycles. The average molecular weight is 664 g/mol. The van der Waals surface area contributed by atoms with Gasteiger partial charge in [-0.3, -0.25) is 0 Å². The van der Waals surface area contributed by atoms with E-state index in [1.807, 2.05) is 4.57 Å². The summed E-state index contributed by atoms with van der Waals surface area (Å²) in [5.41, 5.74) is 1.38. The van der Waals surface area contributed by atoms with Gasteiger partial charge in [0.05, 0.1) is 34.9 Å². The molecule has 2 fully saturated rings. The Morgan fingerprint density at radius 2 is 1.94 bits per heavy atom. The lowest BCUT2D eigenvalue weighted by Gasteiger charge is -2.30. The van der Waals surface area contributed by atoms with Gasteiger partial charge < -0.3 is 19.1 Å². The van der Waals surface area contributed by atoms with Gasteiger partial charge in [-0.25, -0.2) is 32.3 Å². The second kappa shape index (κ2) is 12.4. The Kier molecular flexibility index (Phi) is 8.11. The number of alkyl halides is 2. The first kappa shape index (κ1) is 30.8. The van der Waals surface area contributed by atoms with Crippen molar-refractivity contribution >= 4 is 28.3 Å². The molecule has 240 valence electrons. The third-order valence-corrected chi connectivity index (χ3v) is 8.83. The summed E-state index contributed by atoms with van der Waals surface area (Å²) in [5, 5.41) is 18.3. The molecule has 7 rings (SSSR count). The van der Waals surface area contributed by atoms with Gasteiger partial charge >= 0.3 is 5.97 Å². The standard InChI is InChI=1S/C33H25F4N5O4S/c34-23-13-22(25-2-1-3-29(39-25)46-17-31-41-40-30(47-31)7-4-18-14-33(36,37)15-18)24(35)10-20(23)12-28-38-26-6-5-19(32(43)44)11-27(26)42(28)16-21-8-9-45-21/h1-3,5-6,10-11,13,18,21H,8-9,12,14-17H2,(H,43,44)/t21-/m0/s1. The number of carboxylic acid groups (broad SMARTS) is 1. The highest BCUT2D eigenvalue weighted by Crippen LogP contribution is 2.42. The molecule has 1 aliphatic heterocycles. The van der Waals surface area contributed by atoms with Gasteiger partial charge in [-0.05, 0) is 54.3 Å². The van der Waals surface area contributed by atoms with Crippen molar-refractivity contribution in [2.45, 2.75) is 50.9 Å². The van der Waals surface area contributed by atoms with Gasteiger partial charge in [0.1, 0.15) is 24.1 Å². The number of hydrogen-bond acceptors (Lipinski definition) is 8. The Morgan fingerprint density at radius 1 is 1.11 bits per heavy atom. The minimum Gasteiger partial charge on any atom is -0.478 e. The van der Waals surface area contributed by atoms with Gasteiger partial charge in [0, 0.05) is 43.4 Å². The molecular weight excluding hydrogens is 638 g/mol. The zero-order valence-corrected chi connectivity index (χ0v) is 25.4. The summed E-state index contributed by atoms with van der Waals surface area (Å²) >= 11 is 1.16. The molecule has 0 amide bonds. The molecule has 0 radical (unpaired) electrons. The minimum atomic E-state index is -2.64. The maximum atomic E-state index is 15.5. The minimum absolute atomic E-state index is 0.00602. The number of carbonyl (C=O) groups is 1. The fraction of sp³-hybridized carbons (Fsp3) is 0.303. The quantitative estimate of drug-likeness (QED) is 0.145. The molecule has 3 aromatic heterocycles. The second-order valence-electron chi connectivity index (χ2n) is 11.4. The summed E-state index contributed by atoms with van der Waals surface area (Å²) in [6, 6.07) is 11.5. The Balaban J connectivity index is 1.07. The van der Waals surface area contributed by atoms with Gasteiger partial charge in [0.15, 0.2) is 10.0 Å². The fourth-order valence-electron chi connectivity index (χ4n) is 5.44. The Morgan fingerprint density at radius 3 is 2.68 bits per heavy atom. The Labute approximate surface area is 269 Å². The summed E-state index contributed by atoms with van der Waals surface area (Å²) in [7, 11) is 0.